The molecule has 3 nitrogen and oxygen atoms in total. The smallest absolute Gasteiger partial charge is 0.132 e. The molecule has 3 heteroatoms. The van der Waals surface area contributed by atoms with E-state index in [0.29, 0.717) is 6.04 Å². The van der Waals surface area contributed by atoms with E-state index in [9.17, 15) is 0 Å². The average molecular weight is 279 g/mol. The summed E-state index contributed by atoms with van der Waals surface area (Å²) >= 11 is 0. The minimum absolute atomic E-state index is 0.421. The zero-order chi connectivity index (χ0) is 14.2. The van der Waals surface area contributed by atoms with E-state index in [-0.39, 0.29) is 0 Å². The molecule has 0 spiro atoms. The molecule has 4 rings (SSSR count). The normalized spacial score (nSPS) is 21.8. The van der Waals surface area contributed by atoms with Crippen molar-refractivity contribution < 1.29 is 0 Å². The largest absolute Gasteiger partial charge is 0.348 e. The van der Waals surface area contributed by atoms with Crippen LogP contribution in [0.4, 0.5) is 5.82 Å². The molecule has 0 amide bonds. The number of anilines is 1. The minimum Gasteiger partial charge on any atom is -0.348 e. The van der Waals surface area contributed by atoms with E-state index in [1.807, 2.05) is 6.20 Å². The zero-order valence-corrected chi connectivity index (χ0v) is 12.5. The topological polar surface area (TPSA) is 19.4 Å². The number of benzene rings is 1. The third kappa shape index (κ3) is 2.22. The Balaban J connectivity index is 1.90. The monoisotopic (exact) mass is 279 g/mol. The van der Waals surface area contributed by atoms with Crippen molar-refractivity contribution in [1.29, 1.82) is 0 Å². The summed E-state index contributed by atoms with van der Waals surface area (Å²) in [5, 5.41) is 0. The van der Waals surface area contributed by atoms with Gasteiger partial charge in [0.05, 0.1) is 6.04 Å². The van der Waals surface area contributed by atoms with Crippen molar-refractivity contribution >= 4 is 5.82 Å². The molecule has 0 saturated carbocycles. The van der Waals surface area contributed by atoms with E-state index < -0.39 is 0 Å². The van der Waals surface area contributed by atoms with Gasteiger partial charge in [-0.05, 0) is 42.8 Å². The van der Waals surface area contributed by atoms with Gasteiger partial charge in [0.25, 0.3) is 0 Å². The van der Waals surface area contributed by atoms with E-state index in [2.05, 4.69) is 53.2 Å². The second kappa shape index (κ2) is 5.15. The molecule has 2 aromatic rings. The molecule has 1 unspecified atom stereocenters. The highest BCUT2D eigenvalue weighted by atomic mass is 15.3. The maximum Gasteiger partial charge on any atom is 0.132 e. The summed E-state index contributed by atoms with van der Waals surface area (Å²) in [6, 6.07) is 13.6. The number of nitrogens with zero attached hydrogens (tertiary/aromatic N) is 3. The van der Waals surface area contributed by atoms with Gasteiger partial charge in [0, 0.05) is 25.7 Å². The Morgan fingerprint density at radius 3 is 2.86 bits per heavy atom. The van der Waals surface area contributed by atoms with Gasteiger partial charge < -0.3 is 9.80 Å². The number of hydrogen-bond donors (Lipinski definition) is 0. The molecular weight excluding hydrogens is 258 g/mol. The molecule has 108 valence electrons. The number of likely N-dealkylation sites (N-methyl/N-ethyl adjacent to an activating group) is 1. The molecule has 0 N–H and O–H groups in total. The third-order valence-corrected chi connectivity index (χ3v) is 4.73. The summed E-state index contributed by atoms with van der Waals surface area (Å²) in [5.41, 5.74) is 4.29. The van der Waals surface area contributed by atoms with Gasteiger partial charge in [-0.25, -0.2) is 4.98 Å². The number of aromatic nitrogens is 1. The molecular formula is C18H21N3. The molecule has 0 bridgehead atoms. The van der Waals surface area contributed by atoms with Crippen LogP contribution in [0.5, 0.6) is 0 Å². The molecule has 2 aliphatic heterocycles. The zero-order valence-electron chi connectivity index (χ0n) is 12.5. The average Bonchev–Trinajstić information content (AvgIpc) is 2.76. The van der Waals surface area contributed by atoms with Gasteiger partial charge in [-0.1, -0.05) is 30.3 Å². The Morgan fingerprint density at radius 1 is 1.05 bits per heavy atom. The summed E-state index contributed by atoms with van der Waals surface area (Å²) in [6.45, 7) is 3.33. The highest BCUT2D eigenvalue weighted by Gasteiger charge is 2.31. The minimum atomic E-state index is 0.421. The summed E-state index contributed by atoms with van der Waals surface area (Å²) in [7, 11) is 2.23. The van der Waals surface area contributed by atoms with Gasteiger partial charge in [0.1, 0.15) is 5.82 Å². The fourth-order valence-corrected chi connectivity index (χ4v) is 3.72. The summed E-state index contributed by atoms with van der Waals surface area (Å²) in [5.74, 6) is 1.19. The van der Waals surface area contributed by atoms with Crippen LogP contribution in [0.2, 0.25) is 0 Å². The standard InChI is InChI=1S/C18H21N3/c1-20-10-5-11-21-17(13-20)16-8-3-2-6-14(16)12-15-7-4-9-19-18(15)21/h2-4,6-9,17H,5,10-13H2,1H3. The molecule has 0 radical (unpaired) electrons. The molecule has 3 heterocycles. The molecule has 1 atom stereocenters. The highest BCUT2D eigenvalue weighted by molar-refractivity contribution is 5.55. The number of rotatable bonds is 0. The molecule has 1 saturated heterocycles. The van der Waals surface area contributed by atoms with Crippen LogP contribution in [0.15, 0.2) is 42.6 Å². The number of hydrogen-bond acceptors (Lipinski definition) is 3. The van der Waals surface area contributed by atoms with E-state index in [4.69, 9.17) is 4.98 Å². The van der Waals surface area contributed by atoms with Crippen molar-refractivity contribution in [2.24, 2.45) is 0 Å². The van der Waals surface area contributed by atoms with Crippen LogP contribution in [0.25, 0.3) is 0 Å². The first kappa shape index (κ1) is 12.8. The second-order valence-electron chi connectivity index (χ2n) is 6.19. The maximum absolute atomic E-state index is 4.72. The van der Waals surface area contributed by atoms with Crippen LogP contribution < -0.4 is 4.90 Å². The van der Waals surface area contributed by atoms with Crippen molar-refractivity contribution in [3.63, 3.8) is 0 Å². The number of pyridine rings is 1. The molecule has 0 aliphatic carbocycles. The van der Waals surface area contributed by atoms with Crippen molar-refractivity contribution in [3.8, 4) is 0 Å². The van der Waals surface area contributed by atoms with E-state index >= 15 is 0 Å². The fourth-order valence-electron chi connectivity index (χ4n) is 3.72. The SMILES string of the molecule is CN1CCCN2c3ncccc3Cc3ccccc3C2C1. The molecule has 1 aromatic heterocycles. The fraction of sp³-hybridized carbons (Fsp3) is 0.389. The number of fused-ring (bicyclic) bond motifs is 5. The maximum atomic E-state index is 4.72. The van der Waals surface area contributed by atoms with Crippen LogP contribution in [0.1, 0.15) is 29.2 Å². The second-order valence-corrected chi connectivity index (χ2v) is 6.19. The van der Waals surface area contributed by atoms with Crippen molar-refractivity contribution in [2.45, 2.75) is 18.9 Å². The van der Waals surface area contributed by atoms with Crippen molar-refractivity contribution in [2.75, 3.05) is 31.6 Å². The van der Waals surface area contributed by atoms with Crippen LogP contribution >= 0.6 is 0 Å². The third-order valence-electron chi connectivity index (χ3n) is 4.73. The predicted molar refractivity (Wildman–Crippen MR) is 85.7 cm³/mol. The first-order valence-electron chi connectivity index (χ1n) is 7.80. The van der Waals surface area contributed by atoms with Crippen LogP contribution in [0.3, 0.4) is 0 Å². The summed E-state index contributed by atoms with van der Waals surface area (Å²) in [4.78, 5) is 9.71. The summed E-state index contributed by atoms with van der Waals surface area (Å²) in [6.07, 6.45) is 4.13. The van der Waals surface area contributed by atoms with Gasteiger partial charge >= 0.3 is 0 Å². The molecule has 1 fully saturated rings. The van der Waals surface area contributed by atoms with Gasteiger partial charge in [-0.3, -0.25) is 0 Å². The van der Waals surface area contributed by atoms with Crippen LogP contribution in [-0.4, -0.2) is 36.6 Å². The van der Waals surface area contributed by atoms with E-state index in [0.717, 1.165) is 26.1 Å². The van der Waals surface area contributed by atoms with Crippen LogP contribution in [-0.2, 0) is 6.42 Å². The Hall–Kier alpha value is -1.87. The van der Waals surface area contributed by atoms with Crippen LogP contribution in [0, 0.1) is 0 Å². The lowest BCUT2D eigenvalue weighted by Gasteiger charge is -2.32. The quantitative estimate of drug-likeness (QED) is 0.739. The van der Waals surface area contributed by atoms with Gasteiger partial charge in [0.2, 0.25) is 0 Å². The van der Waals surface area contributed by atoms with E-state index in [1.54, 1.807) is 0 Å². The molecule has 21 heavy (non-hydrogen) atoms. The Labute approximate surface area is 126 Å². The van der Waals surface area contributed by atoms with Gasteiger partial charge in [-0.15, -0.1) is 0 Å². The van der Waals surface area contributed by atoms with Crippen molar-refractivity contribution in [3.05, 3.63) is 59.3 Å². The lowest BCUT2D eigenvalue weighted by atomic mass is 9.97. The van der Waals surface area contributed by atoms with Gasteiger partial charge in [0.15, 0.2) is 0 Å². The summed E-state index contributed by atoms with van der Waals surface area (Å²) < 4.78 is 0. The lowest BCUT2D eigenvalue weighted by molar-refractivity contribution is 0.332. The Morgan fingerprint density at radius 2 is 1.90 bits per heavy atom. The lowest BCUT2D eigenvalue weighted by Crippen LogP contribution is -2.33. The first-order chi connectivity index (χ1) is 10.3. The van der Waals surface area contributed by atoms with E-state index in [1.165, 1.54) is 28.9 Å². The predicted octanol–water partition coefficient (Wildman–Crippen LogP) is 2.87. The van der Waals surface area contributed by atoms with Crippen molar-refractivity contribution in [1.82, 2.24) is 9.88 Å². The van der Waals surface area contributed by atoms with Gasteiger partial charge in [-0.2, -0.15) is 0 Å². The molecule has 2 aliphatic rings. The Bertz CT molecular complexity index is 652. The highest BCUT2D eigenvalue weighted by Crippen LogP contribution is 2.37. The Kier molecular flexibility index (Phi) is 3.15. The molecule has 1 aromatic carbocycles. The first-order valence-corrected chi connectivity index (χ1v) is 7.80.